The summed E-state index contributed by atoms with van der Waals surface area (Å²) >= 11 is 0. The van der Waals surface area contributed by atoms with Crippen LogP contribution in [0.15, 0.2) is 30.3 Å². The maximum absolute atomic E-state index is 13.0. The molecule has 0 unspecified atom stereocenters. The molecule has 4 amide bonds. The zero-order chi connectivity index (χ0) is 21.0. The number of ether oxygens (including phenoxy) is 1. The molecule has 3 atom stereocenters. The molecule has 8 heteroatoms. The average molecular weight is 401 g/mol. The van der Waals surface area contributed by atoms with Gasteiger partial charge in [0.2, 0.25) is 5.91 Å². The van der Waals surface area contributed by atoms with E-state index in [4.69, 9.17) is 4.74 Å². The highest BCUT2D eigenvalue weighted by Gasteiger charge is 2.55. The summed E-state index contributed by atoms with van der Waals surface area (Å²) in [5, 5.41) is 5.42. The van der Waals surface area contributed by atoms with Gasteiger partial charge in [-0.3, -0.25) is 14.5 Å². The Morgan fingerprint density at radius 2 is 2.00 bits per heavy atom. The Morgan fingerprint density at radius 1 is 1.28 bits per heavy atom. The number of amides is 4. The Balaban J connectivity index is 1.67. The van der Waals surface area contributed by atoms with Gasteiger partial charge in [-0.2, -0.15) is 0 Å². The SMILES string of the molecule is COC(=O)[C@H](Cc1ccccc1)NC(=O)CN1C(=O)N[C@@]2(CCCC[C@H]2C)C1=O. The summed E-state index contributed by atoms with van der Waals surface area (Å²) in [6, 6.07) is 7.75. The van der Waals surface area contributed by atoms with Crippen molar-refractivity contribution in [2.24, 2.45) is 5.92 Å². The number of methoxy groups -OCH3 is 1. The van der Waals surface area contributed by atoms with Crippen LogP contribution in [0.3, 0.4) is 0 Å². The van der Waals surface area contributed by atoms with Crippen molar-refractivity contribution in [2.75, 3.05) is 13.7 Å². The van der Waals surface area contributed by atoms with E-state index < -0.39 is 36.0 Å². The van der Waals surface area contributed by atoms with Crippen molar-refractivity contribution in [1.29, 1.82) is 0 Å². The van der Waals surface area contributed by atoms with E-state index in [1.807, 2.05) is 37.3 Å². The molecule has 1 spiro atoms. The summed E-state index contributed by atoms with van der Waals surface area (Å²) in [6.07, 6.45) is 3.56. The minimum Gasteiger partial charge on any atom is -0.467 e. The summed E-state index contributed by atoms with van der Waals surface area (Å²) < 4.78 is 4.79. The molecule has 2 aliphatic rings. The Hall–Kier alpha value is -2.90. The maximum atomic E-state index is 13.0. The van der Waals surface area contributed by atoms with Crippen LogP contribution >= 0.6 is 0 Å². The van der Waals surface area contributed by atoms with Gasteiger partial charge in [0.15, 0.2) is 0 Å². The normalized spacial score (nSPS) is 24.9. The molecule has 156 valence electrons. The second-order valence-corrected chi connectivity index (χ2v) is 7.77. The molecule has 1 aromatic rings. The zero-order valence-electron chi connectivity index (χ0n) is 16.8. The van der Waals surface area contributed by atoms with Crippen molar-refractivity contribution >= 4 is 23.8 Å². The molecule has 0 bridgehead atoms. The first-order chi connectivity index (χ1) is 13.9. The third-order valence-electron chi connectivity index (χ3n) is 5.91. The Labute approximate surface area is 170 Å². The van der Waals surface area contributed by atoms with Crippen LogP contribution in [0.25, 0.3) is 0 Å². The Bertz CT molecular complexity index is 797. The molecule has 3 rings (SSSR count). The van der Waals surface area contributed by atoms with Gasteiger partial charge in [-0.05, 0) is 24.3 Å². The smallest absolute Gasteiger partial charge is 0.328 e. The summed E-state index contributed by atoms with van der Waals surface area (Å²) in [5.74, 6) is -1.51. The van der Waals surface area contributed by atoms with Gasteiger partial charge >= 0.3 is 12.0 Å². The first-order valence-electron chi connectivity index (χ1n) is 9.92. The number of rotatable bonds is 6. The molecule has 8 nitrogen and oxygen atoms in total. The standard InChI is InChI=1S/C21H27N3O5/c1-14-8-6-7-11-21(14)19(27)24(20(28)23-21)13-17(25)22-16(18(26)29-2)12-15-9-4-3-5-10-15/h3-5,9-10,14,16H,6-8,11-13H2,1-2H3,(H,22,25)(H,23,28)/t14-,16+,21-/m1/s1. The molecule has 1 aliphatic heterocycles. The van der Waals surface area contributed by atoms with Crippen LogP contribution in [0.5, 0.6) is 0 Å². The lowest BCUT2D eigenvalue weighted by Crippen LogP contribution is -2.54. The topological polar surface area (TPSA) is 105 Å². The first kappa shape index (κ1) is 20.8. The molecule has 1 saturated heterocycles. The molecule has 29 heavy (non-hydrogen) atoms. The minimum absolute atomic E-state index is 0.0154. The van der Waals surface area contributed by atoms with Crippen LogP contribution in [0.2, 0.25) is 0 Å². The van der Waals surface area contributed by atoms with Gasteiger partial charge in [0.05, 0.1) is 7.11 Å². The molecule has 0 radical (unpaired) electrons. The highest BCUT2D eigenvalue weighted by atomic mass is 16.5. The second-order valence-electron chi connectivity index (χ2n) is 7.77. The van der Waals surface area contributed by atoms with Gasteiger partial charge in [-0.1, -0.05) is 50.1 Å². The second kappa shape index (κ2) is 8.63. The van der Waals surface area contributed by atoms with Gasteiger partial charge in [0.25, 0.3) is 5.91 Å². The fourth-order valence-corrected chi connectivity index (χ4v) is 4.21. The lowest BCUT2D eigenvalue weighted by Gasteiger charge is -2.36. The fraction of sp³-hybridized carbons (Fsp3) is 0.524. The molecule has 1 aromatic carbocycles. The predicted molar refractivity (Wildman–Crippen MR) is 105 cm³/mol. The van der Waals surface area contributed by atoms with Crippen LogP contribution in [-0.2, 0) is 25.5 Å². The third-order valence-corrected chi connectivity index (χ3v) is 5.91. The van der Waals surface area contributed by atoms with Crippen molar-refractivity contribution < 1.29 is 23.9 Å². The molecule has 2 fully saturated rings. The number of hydrogen-bond donors (Lipinski definition) is 2. The summed E-state index contributed by atoms with van der Waals surface area (Å²) in [6.45, 7) is 1.52. The number of esters is 1. The van der Waals surface area contributed by atoms with Crippen LogP contribution in [-0.4, -0.2) is 54.0 Å². The quantitative estimate of drug-likeness (QED) is 0.554. The molecular formula is C21H27N3O5. The average Bonchev–Trinajstić information content (AvgIpc) is 2.95. The van der Waals surface area contributed by atoms with E-state index in [-0.39, 0.29) is 18.2 Å². The van der Waals surface area contributed by atoms with Crippen LogP contribution in [0, 0.1) is 5.92 Å². The third kappa shape index (κ3) is 4.26. The van der Waals surface area contributed by atoms with Gasteiger partial charge in [-0.15, -0.1) is 0 Å². The molecule has 0 aromatic heterocycles. The highest BCUT2D eigenvalue weighted by Crippen LogP contribution is 2.38. The van der Waals surface area contributed by atoms with E-state index in [1.165, 1.54) is 7.11 Å². The van der Waals surface area contributed by atoms with Crippen molar-refractivity contribution in [3.05, 3.63) is 35.9 Å². The van der Waals surface area contributed by atoms with Crippen molar-refractivity contribution in [1.82, 2.24) is 15.5 Å². The van der Waals surface area contributed by atoms with Gasteiger partial charge in [-0.25, -0.2) is 9.59 Å². The number of carbonyl (C=O) groups excluding carboxylic acids is 4. The van der Waals surface area contributed by atoms with E-state index >= 15 is 0 Å². The number of benzene rings is 1. The van der Waals surface area contributed by atoms with Gasteiger partial charge < -0.3 is 15.4 Å². The predicted octanol–water partition coefficient (Wildman–Crippen LogP) is 1.39. The number of carbonyl (C=O) groups is 4. The lowest BCUT2D eigenvalue weighted by atomic mass is 9.73. The first-order valence-corrected chi connectivity index (χ1v) is 9.92. The number of imide groups is 1. The van der Waals surface area contributed by atoms with Crippen LogP contribution < -0.4 is 10.6 Å². The zero-order valence-corrected chi connectivity index (χ0v) is 16.8. The number of hydrogen-bond acceptors (Lipinski definition) is 5. The number of nitrogens with zero attached hydrogens (tertiary/aromatic N) is 1. The van der Waals surface area contributed by atoms with Gasteiger partial charge in [0.1, 0.15) is 18.1 Å². The molecular weight excluding hydrogens is 374 g/mol. The maximum Gasteiger partial charge on any atom is 0.328 e. The summed E-state index contributed by atoms with van der Waals surface area (Å²) in [4.78, 5) is 51.0. The number of nitrogens with one attached hydrogen (secondary N) is 2. The summed E-state index contributed by atoms with van der Waals surface area (Å²) in [5.41, 5.74) is -0.0605. The van der Waals surface area contributed by atoms with Crippen LogP contribution in [0.4, 0.5) is 4.79 Å². The van der Waals surface area contributed by atoms with E-state index in [2.05, 4.69) is 10.6 Å². The van der Waals surface area contributed by atoms with Crippen molar-refractivity contribution in [2.45, 2.75) is 50.6 Å². The molecule has 1 aliphatic carbocycles. The highest BCUT2D eigenvalue weighted by molar-refractivity contribution is 6.09. The monoisotopic (exact) mass is 401 g/mol. The minimum atomic E-state index is -0.915. The Morgan fingerprint density at radius 3 is 2.66 bits per heavy atom. The molecule has 1 saturated carbocycles. The van der Waals surface area contributed by atoms with E-state index in [0.29, 0.717) is 6.42 Å². The van der Waals surface area contributed by atoms with Crippen LogP contribution in [0.1, 0.15) is 38.2 Å². The fourth-order valence-electron chi connectivity index (χ4n) is 4.21. The molecule has 1 heterocycles. The lowest BCUT2D eigenvalue weighted by molar-refractivity contribution is -0.145. The van der Waals surface area contributed by atoms with Gasteiger partial charge in [0, 0.05) is 6.42 Å². The van der Waals surface area contributed by atoms with E-state index in [9.17, 15) is 19.2 Å². The van der Waals surface area contributed by atoms with Crippen molar-refractivity contribution in [3.8, 4) is 0 Å². The summed E-state index contributed by atoms with van der Waals surface area (Å²) in [7, 11) is 1.25. The Kier molecular flexibility index (Phi) is 6.20. The largest absolute Gasteiger partial charge is 0.467 e. The molecule has 2 N–H and O–H groups in total. The number of urea groups is 1. The van der Waals surface area contributed by atoms with E-state index in [1.54, 1.807) is 0 Å². The van der Waals surface area contributed by atoms with Crippen molar-refractivity contribution in [3.63, 3.8) is 0 Å². The van der Waals surface area contributed by atoms with E-state index in [0.717, 1.165) is 29.7 Å².